The molecule has 1 aliphatic rings. The Balaban J connectivity index is 1.84. The van der Waals surface area contributed by atoms with Gasteiger partial charge in [-0.3, -0.25) is 4.79 Å². The van der Waals surface area contributed by atoms with E-state index >= 15 is 0 Å². The van der Waals surface area contributed by atoms with E-state index in [1.54, 1.807) is 4.57 Å². The molecule has 0 N–H and O–H groups in total. The van der Waals surface area contributed by atoms with Crippen molar-refractivity contribution in [3.63, 3.8) is 0 Å². The number of piperidine rings is 1. The normalized spacial score (nSPS) is 14.9. The summed E-state index contributed by atoms with van der Waals surface area (Å²) in [5.74, 6) is 0.734. The minimum atomic E-state index is -0.0101. The van der Waals surface area contributed by atoms with Gasteiger partial charge in [0.25, 0.3) is 5.56 Å². The Morgan fingerprint density at radius 2 is 1.70 bits per heavy atom. The van der Waals surface area contributed by atoms with Crippen molar-refractivity contribution in [2.45, 2.75) is 19.3 Å². The summed E-state index contributed by atoms with van der Waals surface area (Å²) in [6.07, 6.45) is 3.48. The summed E-state index contributed by atoms with van der Waals surface area (Å²) in [6.45, 7) is 1.85. The van der Waals surface area contributed by atoms with Crippen LogP contribution in [0.2, 0.25) is 5.02 Å². The molecule has 5 rings (SSSR count). The second-order valence-electron chi connectivity index (χ2n) is 6.85. The Kier molecular flexibility index (Phi) is 4.14. The van der Waals surface area contributed by atoms with Gasteiger partial charge in [0.2, 0.25) is 5.95 Å². The zero-order valence-electron chi connectivity index (χ0n) is 14.7. The number of hydrogen-bond donors (Lipinski definition) is 0. The molecule has 4 aromatic rings. The van der Waals surface area contributed by atoms with Gasteiger partial charge >= 0.3 is 0 Å². The molecule has 0 aliphatic carbocycles. The van der Waals surface area contributed by atoms with Gasteiger partial charge in [0.1, 0.15) is 4.70 Å². The van der Waals surface area contributed by atoms with Gasteiger partial charge in [0.05, 0.1) is 11.2 Å². The van der Waals surface area contributed by atoms with Crippen molar-refractivity contribution in [3.05, 3.63) is 63.9 Å². The zero-order valence-corrected chi connectivity index (χ0v) is 16.3. The second-order valence-corrected chi connectivity index (χ2v) is 8.34. The molecule has 1 fully saturated rings. The molecule has 136 valence electrons. The third kappa shape index (κ3) is 2.82. The number of hydrogen-bond acceptors (Lipinski definition) is 4. The molecular formula is C21H18ClN3OS. The van der Waals surface area contributed by atoms with Gasteiger partial charge in [0, 0.05) is 28.2 Å². The van der Waals surface area contributed by atoms with Crippen molar-refractivity contribution in [3.8, 4) is 5.69 Å². The molecule has 27 heavy (non-hydrogen) atoms. The van der Waals surface area contributed by atoms with Crippen molar-refractivity contribution >= 4 is 49.2 Å². The third-order valence-corrected chi connectivity index (χ3v) is 6.50. The molecule has 0 unspecified atom stereocenters. The van der Waals surface area contributed by atoms with Gasteiger partial charge in [-0.05, 0) is 49.6 Å². The molecule has 0 bridgehead atoms. The van der Waals surface area contributed by atoms with Crippen LogP contribution in [0.3, 0.4) is 0 Å². The maximum absolute atomic E-state index is 13.5. The predicted molar refractivity (Wildman–Crippen MR) is 114 cm³/mol. The Labute approximate surface area is 165 Å². The summed E-state index contributed by atoms with van der Waals surface area (Å²) >= 11 is 7.58. The molecule has 0 radical (unpaired) electrons. The van der Waals surface area contributed by atoms with Crippen molar-refractivity contribution in [1.29, 1.82) is 0 Å². The standard InChI is InChI=1S/C21H18ClN3OS/c22-14-8-10-15(11-9-14)25-20(26)19-18(16-6-2-3-7-17(16)27-19)23-21(25)24-12-4-1-5-13-24/h2-3,6-11H,1,4-5,12-13H2. The fourth-order valence-corrected chi connectivity index (χ4v) is 4.96. The van der Waals surface area contributed by atoms with E-state index < -0.39 is 0 Å². The van der Waals surface area contributed by atoms with E-state index in [1.165, 1.54) is 17.8 Å². The monoisotopic (exact) mass is 395 g/mol. The lowest BCUT2D eigenvalue weighted by Gasteiger charge is -2.29. The van der Waals surface area contributed by atoms with E-state index in [4.69, 9.17) is 16.6 Å². The first-order valence-corrected chi connectivity index (χ1v) is 10.4. The van der Waals surface area contributed by atoms with Crippen LogP contribution in [0.5, 0.6) is 0 Å². The lowest BCUT2D eigenvalue weighted by Crippen LogP contribution is -2.35. The Morgan fingerprint density at radius 1 is 0.963 bits per heavy atom. The molecule has 0 atom stereocenters. The maximum Gasteiger partial charge on any atom is 0.277 e. The van der Waals surface area contributed by atoms with Gasteiger partial charge < -0.3 is 4.90 Å². The van der Waals surface area contributed by atoms with Crippen molar-refractivity contribution in [2.24, 2.45) is 0 Å². The van der Waals surface area contributed by atoms with Gasteiger partial charge in [-0.15, -0.1) is 11.3 Å². The molecule has 0 saturated carbocycles. The molecule has 2 aromatic heterocycles. The smallest absolute Gasteiger partial charge is 0.277 e. The van der Waals surface area contributed by atoms with Crippen molar-refractivity contribution in [1.82, 2.24) is 9.55 Å². The van der Waals surface area contributed by atoms with E-state index in [0.717, 1.165) is 53.2 Å². The fraction of sp³-hybridized carbons (Fsp3) is 0.238. The number of benzene rings is 2. The van der Waals surface area contributed by atoms with Crippen LogP contribution in [0.15, 0.2) is 53.3 Å². The van der Waals surface area contributed by atoms with E-state index in [1.807, 2.05) is 48.5 Å². The molecule has 0 spiro atoms. The van der Waals surface area contributed by atoms with Crippen LogP contribution in [0.25, 0.3) is 26.0 Å². The highest BCUT2D eigenvalue weighted by Crippen LogP contribution is 2.33. The summed E-state index contributed by atoms with van der Waals surface area (Å²) in [5, 5.41) is 1.71. The molecule has 4 nitrogen and oxygen atoms in total. The summed E-state index contributed by atoms with van der Waals surface area (Å²) in [7, 11) is 0. The second kappa shape index (κ2) is 6.66. The topological polar surface area (TPSA) is 38.1 Å². The highest BCUT2D eigenvalue weighted by atomic mass is 35.5. The Bertz CT molecular complexity index is 1190. The predicted octanol–water partition coefficient (Wildman–Crippen LogP) is 5.24. The molecule has 1 aliphatic heterocycles. The van der Waals surface area contributed by atoms with Crippen LogP contribution in [-0.4, -0.2) is 22.6 Å². The van der Waals surface area contributed by atoms with Crippen molar-refractivity contribution < 1.29 is 0 Å². The number of nitrogens with zero attached hydrogens (tertiary/aromatic N) is 3. The van der Waals surface area contributed by atoms with Gasteiger partial charge in [-0.25, -0.2) is 9.55 Å². The quantitative estimate of drug-likeness (QED) is 0.465. The summed E-state index contributed by atoms with van der Waals surface area (Å²) in [4.78, 5) is 20.8. The maximum atomic E-state index is 13.5. The fourth-order valence-electron chi connectivity index (χ4n) is 3.76. The first kappa shape index (κ1) is 16.8. The van der Waals surface area contributed by atoms with Gasteiger partial charge in [-0.1, -0.05) is 29.8 Å². The highest BCUT2D eigenvalue weighted by molar-refractivity contribution is 7.25. The zero-order chi connectivity index (χ0) is 18.4. The van der Waals surface area contributed by atoms with E-state index in [-0.39, 0.29) is 5.56 Å². The Hall–Kier alpha value is -2.37. The van der Waals surface area contributed by atoms with Crippen LogP contribution < -0.4 is 10.5 Å². The Morgan fingerprint density at radius 3 is 2.48 bits per heavy atom. The number of rotatable bonds is 2. The first-order valence-electron chi connectivity index (χ1n) is 9.17. The van der Waals surface area contributed by atoms with Crippen LogP contribution in [-0.2, 0) is 0 Å². The summed E-state index contributed by atoms with van der Waals surface area (Å²) in [6, 6.07) is 15.5. The minimum absolute atomic E-state index is 0.0101. The average Bonchev–Trinajstić information content (AvgIpc) is 3.09. The number of aromatic nitrogens is 2. The van der Waals surface area contributed by atoms with E-state index in [2.05, 4.69) is 4.90 Å². The number of thiophene rings is 1. The summed E-state index contributed by atoms with van der Waals surface area (Å²) in [5.41, 5.74) is 1.60. The third-order valence-electron chi connectivity index (χ3n) is 5.10. The number of fused-ring (bicyclic) bond motifs is 3. The summed E-state index contributed by atoms with van der Waals surface area (Å²) < 4.78 is 3.54. The van der Waals surface area contributed by atoms with E-state index in [9.17, 15) is 4.79 Å². The van der Waals surface area contributed by atoms with Crippen LogP contribution >= 0.6 is 22.9 Å². The number of halogens is 1. The molecule has 3 heterocycles. The van der Waals surface area contributed by atoms with Gasteiger partial charge in [0.15, 0.2) is 0 Å². The largest absolute Gasteiger partial charge is 0.342 e. The average molecular weight is 396 g/mol. The lowest BCUT2D eigenvalue weighted by molar-refractivity contribution is 0.563. The molecule has 0 amide bonds. The van der Waals surface area contributed by atoms with Crippen LogP contribution in [0.4, 0.5) is 5.95 Å². The first-order chi connectivity index (χ1) is 13.2. The lowest BCUT2D eigenvalue weighted by atomic mass is 10.1. The van der Waals surface area contributed by atoms with E-state index in [0.29, 0.717) is 9.72 Å². The SMILES string of the molecule is O=c1c2sc3ccccc3c2nc(N2CCCCC2)n1-c1ccc(Cl)cc1. The molecule has 2 aromatic carbocycles. The molecular weight excluding hydrogens is 378 g/mol. The van der Waals surface area contributed by atoms with Crippen LogP contribution in [0.1, 0.15) is 19.3 Å². The van der Waals surface area contributed by atoms with Crippen molar-refractivity contribution in [2.75, 3.05) is 18.0 Å². The number of anilines is 1. The van der Waals surface area contributed by atoms with Crippen LogP contribution in [0, 0.1) is 0 Å². The highest BCUT2D eigenvalue weighted by Gasteiger charge is 2.22. The molecule has 6 heteroatoms. The minimum Gasteiger partial charge on any atom is -0.342 e. The van der Waals surface area contributed by atoms with Gasteiger partial charge in [-0.2, -0.15) is 0 Å². The molecule has 1 saturated heterocycles.